The highest BCUT2D eigenvalue weighted by Crippen LogP contribution is 2.13. The van der Waals surface area contributed by atoms with Crippen LogP contribution in [0.15, 0.2) is 71.9 Å². The number of aromatic nitrogens is 4. The van der Waals surface area contributed by atoms with Gasteiger partial charge in [-0.2, -0.15) is 10.4 Å². The van der Waals surface area contributed by atoms with Crippen LogP contribution in [0.25, 0.3) is 16.7 Å². The molecule has 0 radical (unpaired) electrons. The predicted octanol–water partition coefficient (Wildman–Crippen LogP) is 2.29. The van der Waals surface area contributed by atoms with E-state index in [0.717, 1.165) is 11.3 Å². The van der Waals surface area contributed by atoms with Crippen LogP contribution in [0.1, 0.15) is 5.56 Å². The molecular weight excluding hydrogens is 368 g/mol. The Balaban J connectivity index is 1.54. The van der Waals surface area contributed by atoms with E-state index in [0.29, 0.717) is 23.1 Å². The predicted molar refractivity (Wildman–Crippen MR) is 108 cm³/mol. The summed E-state index contributed by atoms with van der Waals surface area (Å²) < 4.78 is 2.84. The van der Waals surface area contributed by atoms with E-state index in [1.54, 1.807) is 28.9 Å². The fraction of sp³-hybridized carbons (Fsp3) is 0.0952. The van der Waals surface area contributed by atoms with E-state index in [-0.39, 0.29) is 18.0 Å². The topological polar surface area (TPSA) is 106 Å². The van der Waals surface area contributed by atoms with Crippen molar-refractivity contribution in [2.45, 2.75) is 13.0 Å². The van der Waals surface area contributed by atoms with Crippen molar-refractivity contribution in [2.75, 3.05) is 5.32 Å². The van der Waals surface area contributed by atoms with Crippen LogP contribution in [-0.2, 0) is 17.8 Å². The number of nitriles is 1. The Morgan fingerprint density at radius 1 is 1.10 bits per heavy atom. The number of amides is 1. The Bertz CT molecular complexity index is 1270. The largest absolute Gasteiger partial charge is 0.325 e. The van der Waals surface area contributed by atoms with E-state index in [9.17, 15) is 9.59 Å². The van der Waals surface area contributed by atoms with Crippen LogP contribution < -0.4 is 10.9 Å². The summed E-state index contributed by atoms with van der Waals surface area (Å²) in [5.41, 5.74) is 2.36. The van der Waals surface area contributed by atoms with Crippen molar-refractivity contribution in [3.63, 3.8) is 0 Å². The molecular formula is C21H16N6O2. The lowest BCUT2D eigenvalue weighted by molar-refractivity contribution is -0.116. The van der Waals surface area contributed by atoms with E-state index < -0.39 is 0 Å². The van der Waals surface area contributed by atoms with Gasteiger partial charge in [-0.25, -0.2) is 9.67 Å². The number of nitrogens with one attached hydrogen (secondary N) is 1. The summed E-state index contributed by atoms with van der Waals surface area (Å²) in [5.74, 6) is -0.350. The lowest BCUT2D eigenvalue weighted by Crippen LogP contribution is -2.27. The molecule has 1 amide bonds. The van der Waals surface area contributed by atoms with Crippen molar-refractivity contribution in [1.29, 1.82) is 5.26 Å². The number of nitrogens with zero attached hydrogens (tertiary/aromatic N) is 5. The van der Waals surface area contributed by atoms with Gasteiger partial charge in [-0.1, -0.05) is 30.3 Å². The first-order valence-corrected chi connectivity index (χ1v) is 8.90. The van der Waals surface area contributed by atoms with Crippen LogP contribution in [0.3, 0.4) is 0 Å². The Hall–Kier alpha value is -4.25. The van der Waals surface area contributed by atoms with Gasteiger partial charge >= 0.3 is 0 Å². The highest BCUT2D eigenvalue weighted by atomic mass is 16.2. The minimum absolute atomic E-state index is 0.168. The van der Waals surface area contributed by atoms with E-state index >= 15 is 0 Å². The van der Waals surface area contributed by atoms with Gasteiger partial charge in [-0.15, -0.1) is 0 Å². The molecule has 0 aliphatic rings. The number of para-hydroxylation sites is 1. The number of benzene rings is 2. The second kappa shape index (κ2) is 7.78. The molecule has 2 heterocycles. The summed E-state index contributed by atoms with van der Waals surface area (Å²) in [7, 11) is 0. The lowest BCUT2D eigenvalue weighted by Gasteiger charge is -2.08. The molecule has 0 spiro atoms. The molecule has 4 aromatic rings. The molecule has 8 nitrogen and oxygen atoms in total. The van der Waals surface area contributed by atoms with Gasteiger partial charge in [0, 0.05) is 5.69 Å². The first-order valence-electron chi connectivity index (χ1n) is 8.90. The highest BCUT2D eigenvalue weighted by molar-refractivity contribution is 5.90. The van der Waals surface area contributed by atoms with Crippen LogP contribution >= 0.6 is 0 Å². The molecule has 142 valence electrons. The van der Waals surface area contributed by atoms with Gasteiger partial charge in [0.2, 0.25) is 5.91 Å². The SMILES string of the molecule is N#CCc1ccc(NC(=O)Cn2cnc3c(cnn3-c3ccccc3)c2=O)cc1. The van der Waals surface area contributed by atoms with Crippen molar-refractivity contribution < 1.29 is 4.79 Å². The second-order valence-corrected chi connectivity index (χ2v) is 6.39. The number of hydrogen-bond acceptors (Lipinski definition) is 5. The number of anilines is 1. The Morgan fingerprint density at radius 2 is 1.86 bits per heavy atom. The third kappa shape index (κ3) is 3.75. The first kappa shape index (κ1) is 18.1. The van der Waals surface area contributed by atoms with Gasteiger partial charge < -0.3 is 5.32 Å². The first-order chi connectivity index (χ1) is 14.2. The van der Waals surface area contributed by atoms with Crippen LogP contribution in [0.2, 0.25) is 0 Å². The Labute approximate surface area is 165 Å². The molecule has 8 heteroatoms. The van der Waals surface area contributed by atoms with Gasteiger partial charge in [-0.05, 0) is 29.8 Å². The van der Waals surface area contributed by atoms with Crippen LogP contribution in [0.4, 0.5) is 5.69 Å². The van der Waals surface area contributed by atoms with Gasteiger partial charge in [0.25, 0.3) is 5.56 Å². The fourth-order valence-corrected chi connectivity index (χ4v) is 2.97. The quantitative estimate of drug-likeness (QED) is 0.568. The van der Waals surface area contributed by atoms with Crippen molar-refractivity contribution in [2.24, 2.45) is 0 Å². The number of fused-ring (bicyclic) bond motifs is 1. The van der Waals surface area contributed by atoms with Crippen molar-refractivity contribution in [3.8, 4) is 11.8 Å². The summed E-state index contributed by atoms with van der Waals surface area (Å²) in [4.78, 5) is 29.4. The smallest absolute Gasteiger partial charge is 0.264 e. The minimum Gasteiger partial charge on any atom is -0.325 e. The van der Waals surface area contributed by atoms with Crippen molar-refractivity contribution in [1.82, 2.24) is 19.3 Å². The summed E-state index contributed by atoms with van der Waals surface area (Å²) in [6.45, 7) is -0.168. The van der Waals surface area contributed by atoms with Gasteiger partial charge in [-0.3, -0.25) is 14.2 Å². The number of rotatable bonds is 5. The molecule has 0 bridgehead atoms. The number of carbonyl (C=O) groups excluding carboxylic acids is 1. The van der Waals surface area contributed by atoms with Crippen LogP contribution in [0, 0.1) is 11.3 Å². The standard InChI is InChI=1S/C21H16N6O2/c22-11-10-15-6-8-16(9-7-15)25-19(28)13-26-14-23-20-18(21(26)29)12-24-27(20)17-4-2-1-3-5-17/h1-9,12,14H,10,13H2,(H,25,28). The Kier molecular flexibility index (Phi) is 4.86. The highest BCUT2D eigenvalue weighted by Gasteiger charge is 2.13. The third-order valence-electron chi connectivity index (χ3n) is 4.39. The molecule has 0 atom stereocenters. The van der Waals surface area contributed by atoms with Gasteiger partial charge in [0.15, 0.2) is 5.65 Å². The van der Waals surface area contributed by atoms with Gasteiger partial charge in [0.1, 0.15) is 18.3 Å². The minimum atomic E-state index is -0.350. The van der Waals surface area contributed by atoms with E-state index in [1.807, 2.05) is 30.3 Å². The van der Waals surface area contributed by atoms with E-state index in [4.69, 9.17) is 5.26 Å². The zero-order valence-corrected chi connectivity index (χ0v) is 15.3. The molecule has 0 aliphatic carbocycles. The molecule has 2 aromatic heterocycles. The van der Waals surface area contributed by atoms with E-state index in [1.165, 1.54) is 17.1 Å². The van der Waals surface area contributed by atoms with Crippen molar-refractivity contribution >= 4 is 22.6 Å². The number of hydrogen-bond donors (Lipinski definition) is 1. The molecule has 4 rings (SSSR count). The number of carbonyl (C=O) groups is 1. The summed E-state index contributed by atoms with van der Waals surface area (Å²) >= 11 is 0. The van der Waals surface area contributed by atoms with Crippen LogP contribution in [-0.4, -0.2) is 25.2 Å². The van der Waals surface area contributed by atoms with Gasteiger partial charge in [0.05, 0.1) is 24.4 Å². The average Bonchev–Trinajstić information content (AvgIpc) is 3.17. The normalized spacial score (nSPS) is 10.6. The second-order valence-electron chi connectivity index (χ2n) is 6.39. The molecule has 2 aromatic carbocycles. The van der Waals surface area contributed by atoms with E-state index in [2.05, 4.69) is 21.5 Å². The zero-order valence-electron chi connectivity index (χ0n) is 15.3. The summed E-state index contributed by atoms with van der Waals surface area (Å²) in [6.07, 6.45) is 3.12. The van der Waals surface area contributed by atoms with Crippen molar-refractivity contribution in [3.05, 3.63) is 83.0 Å². The molecule has 0 unspecified atom stereocenters. The summed E-state index contributed by atoms with van der Waals surface area (Å²) in [6, 6.07) is 18.4. The molecule has 1 N–H and O–H groups in total. The monoisotopic (exact) mass is 384 g/mol. The zero-order chi connectivity index (χ0) is 20.2. The average molecular weight is 384 g/mol. The third-order valence-corrected chi connectivity index (χ3v) is 4.39. The molecule has 0 aliphatic heterocycles. The fourth-order valence-electron chi connectivity index (χ4n) is 2.97. The lowest BCUT2D eigenvalue weighted by atomic mass is 10.1. The maximum absolute atomic E-state index is 12.7. The molecule has 0 saturated carbocycles. The maximum atomic E-state index is 12.7. The molecule has 0 fully saturated rings. The maximum Gasteiger partial charge on any atom is 0.264 e. The Morgan fingerprint density at radius 3 is 2.59 bits per heavy atom. The molecule has 29 heavy (non-hydrogen) atoms. The summed E-state index contributed by atoms with van der Waals surface area (Å²) in [5, 5.41) is 16.0. The van der Waals surface area contributed by atoms with Crippen LogP contribution in [0.5, 0.6) is 0 Å². The molecule has 0 saturated heterocycles.